The van der Waals surface area contributed by atoms with Crippen molar-refractivity contribution in [2.24, 2.45) is 5.92 Å². The summed E-state index contributed by atoms with van der Waals surface area (Å²) in [6, 6.07) is 0.919. The molecular formula is C9H15N. The summed E-state index contributed by atoms with van der Waals surface area (Å²) in [7, 11) is 0. The van der Waals surface area contributed by atoms with Gasteiger partial charge in [-0.25, -0.2) is 0 Å². The Morgan fingerprint density at radius 1 is 1.50 bits per heavy atom. The van der Waals surface area contributed by atoms with E-state index in [0.29, 0.717) is 0 Å². The molecule has 10 heavy (non-hydrogen) atoms. The first-order chi connectivity index (χ1) is 4.90. The third-order valence-electron chi connectivity index (χ3n) is 2.89. The third kappa shape index (κ3) is 0.891. The Morgan fingerprint density at radius 3 is 2.90 bits per heavy atom. The van der Waals surface area contributed by atoms with Crippen LogP contribution in [0.2, 0.25) is 0 Å². The zero-order chi connectivity index (χ0) is 6.97. The lowest BCUT2D eigenvalue weighted by atomic mass is 10.1. The van der Waals surface area contributed by atoms with Gasteiger partial charge in [-0.1, -0.05) is 6.08 Å². The van der Waals surface area contributed by atoms with E-state index >= 15 is 0 Å². The number of fused-ring (bicyclic) bond motifs is 2. The molecule has 2 bridgehead atoms. The summed E-state index contributed by atoms with van der Waals surface area (Å²) >= 11 is 0. The standard InChI is InChI=1S/C9H15N/c1-2-5-10-7-8-3-4-9(10)6-8/h2,8-9H,1,3-7H2. The van der Waals surface area contributed by atoms with E-state index < -0.39 is 0 Å². The minimum Gasteiger partial charge on any atom is -0.296 e. The molecule has 2 atom stereocenters. The molecule has 1 saturated heterocycles. The van der Waals surface area contributed by atoms with Crippen LogP contribution in [-0.4, -0.2) is 24.0 Å². The van der Waals surface area contributed by atoms with Gasteiger partial charge < -0.3 is 0 Å². The van der Waals surface area contributed by atoms with E-state index in [1.807, 2.05) is 6.08 Å². The molecule has 1 aliphatic heterocycles. The number of likely N-dealkylation sites (tertiary alicyclic amines) is 1. The number of nitrogens with zero attached hydrogens (tertiary/aromatic N) is 1. The van der Waals surface area contributed by atoms with Crippen molar-refractivity contribution in [1.82, 2.24) is 4.90 Å². The van der Waals surface area contributed by atoms with E-state index in [1.54, 1.807) is 0 Å². The summed E-state index contributed by atoms with van der Waals surface area (Å²) in [4.78, 5) is 2.57. The summed E-state index contributed by atoms with van der Waals surface area (Å²) in [5.74, 6) is 1.03. The molecule has 1 heteroatoms. The number of hydrogen-bond acceptors (Lipinski definition) is 1. The van der Waals surface area contributed by atoms with Crippen LogP contribution in [0.5, 0.6) is 0 Å². The van der Waals surface area contributed by atoms with Crippen molar-refractivity contribution in [2.75, 3.05) is 13.1 Å². The summed E-state index contributed by atoms with van der Waals surface area (Å²) < 4.78 is 0. The Labute approximate surface area is 62.7 Å². The molecule has 0 spiro atoms. The number of piperidine rings is 1. The van der Waals surface area contributed by atoms with Gasteiger partial charge in [0.25, 0.3) is 0 Å². The molecule has 0 N–H and O–H groups in total. The Balaban J connectivity index is 1.95. The van der Waals surface area contributed by atoms with Crippen molar-refractivity contribution < 1.29 is 0 Å². The van der Waals surface area contributed by atoms with Crippen LogP contribution in [0.1, 0.15) is 19.3 Å². The maximum Gasteiger partial charge on any atom is 0.0163 e. The second-order valence-electron chi connectivity index (χ2n) is 3.58. The topological polar surface area (TPSA) is 3.24 Å². The van der Waals surface area contributed by atoms with Crippen LogP contribution >= 0.6 is 0 Å². The molecule has 1 heterocycles. The normalized spacial score (nSPS) is 38.8. The minimum atomic E-state index is 0.919. The molecule has 0 radical (unpaired) electrons. The molecule has 0 aromatic heterocycles. The molecule has 2 rings (SSSR count). The van der Waals surface area contributed by atoms with Crippen molar-refractivity contribution in [3.63, 3.8) is 0 Å². The van der Waals surface area contributed by atoms with Gasteiger partial charge >= 0.3 is 0 Å². The van der Waals surface area contributed by atoms with Gasteiger partial charge in [-0.15, -0.1) is 6.58 Å². The summed E-state index contributed by atoms with van der Waals surface area (Å²) in [6.07, 6.45) is 6.42. The van der Waals surface area contributed by atoms with Gasteiger partial charge in [-0.05, 0) is 25.2 Å². The summed E-state index contributed by atoms with van der Waals surface area (Å²) in [6.45, 7) is 6.22. The molecule has 0 amide bonds. The van der Waals surface area contributed by atoms with E-state index in [1.165, 1.54) is 25.8 Å². The maximum absolute atomic E-state index is 3.77. The highest BCUT2D eigenvalue weighted by atomic mass is 15.2. The SMILES string of the molecule is C=CCN1CC2CCC1C2. The monoisotopic (exact) mass is 137 g/mol. The first-order valence-corrected chi connectivity index (χ1v) is 4.25. The molecule has 1 aliphatic carbocycles. The van der Waals surface area contributed by atoms with Crippen molar-refractivity contribution in [2.45, 2.75) is 25.3 Å². The second kappa shape index (κ2) is 2.39. The zero-order valence-corrected chi connectivity index (χ0v) is 6.42. The highest BCUT2D eigenvalue weighted by Crippen LogP contribution is 2.36. The first-order valence-electron chi connectivity index (χ1n) is 4.25. The van der Waals surface area contributed by atoms with Crippen molar-refractivity contribution >= 4 is 0 Å². The molecule has 2 aliphatic rings. The Morgan fingerprint density at radius 2 is 2.40 bits per heavy atom. The highest BCUT2D eigenvalue weighted by Gasteiger charge is 2.36. The van der Waals surface area contributed by atoms with Crippen LogP contribution in [0.4, 0.5) is 0 Å². The van der Waals surface area contributed by atoms with Gasteiger partial charge in [0.1, 0.15) is 0 Å². The van der Waals surface area contributed by atoms with Crippen LogP contribution in [0.25, 0.3) is 0 Å². The Hall–Kier alpha value is -0.300. The predicted molar refractivity (Wildman–Crippen MR) is 42.9 cm³/mol. The van der Waals surface area contributed by atoms with Gasteiger partial charge in [0.05, 0.1) is 0 Å². The van der Waals surface area contributed by atoms with Crippen molar-refractivity contribution in [3.8, 4) is 0 Å². The van der Waals surface area contributed by atoms with Gasteiger partial charge in [0.15, 0.2) is 0 Å². The maximum atomic E-state index is 3.77. The third-order valence-corrected chi connectivity index (χ3v) is 2.89. The molecule has 0 aromatic rings. The predicted octanol–water partition coefficient (Wildman–Crippen LogP) is 1.66. The van der Waals surface area contributed by atoms with Crippen molar-refractivity contribution in [3.05, 3.63) is 12.7 Å². The highest BCUT2D eigenvalue weighted by molar-refractivity contribution is 4.94. The molecule has 2 fully saturated rings. The fourth-order valence-electron chi connectivity index (χ4n) is 2.42. The fourth-order valence-corrected chi connectivity index (χ4v) is 2.42. The lowest BCUT2D eigenvalue weighted by molar-refractivity contribution is 0.236. The molecule has 1 nitrogen and oxygen atoms in total. The van der Waals surface area contributed by atoms with Crippen LogP contribution in [-0.2, 0) is 0 Å². The van der Waals surface area contributed by atoms with Crippen LogP contribution in [0.15, 0.2) is 12.7 Å². The van der Waals surface area contributed by atoms with E-state index in [-0.39, 0.29) is 0 Å². The summed E-state index contributed by atoms with van der Waals surface area (Å²) in [5, 5.41) is 0. The first kappa shape index (κ1) is 6.41. The smallest absolute Gasteiger partial charge is 0.0163 e. The van der Waals surface area contributed by atoms with Gasteiger partial charge in [-0.3, -0.25) is 4.90 Å². The average molecular weight is 137 g/mol. The lowest BCUT2D eigenvalue weighted by Crippen LogP contribution is -2.31. The van der Waals surface area contributed by atoms with Gasteiger partial charge in [0, 0.05) is 19.1 Å². The van der Waals surface area contributed by atoms with E-state index in [2.05, 4.69) is 11.5 Å². The van der Waals surface area contributed by atoms with Crippen LogP contribution < -0.4 is 0 Å². The molecule has 2 unspecified atom stereocenters. The number of hydrogen-bond donors (Lipinski definition) is 0. The zero-order valence-electron chi connectivity index (χ0n) is 6.42. The molecule has 56 valence electrons. The molecule has 0 aromatic carbocycles. The van der Waals surface area contributed by atoms with E-state index in [4.69, 9.17) is 0 Å². The lowest BCUT2D eigenvalue weighted by Gasteiger charge is -2.24. The minimum absolute atomic E-state index is 0.919. The largest absolute Gasteiger partial charge is 0.296 e. The quantitative estimate of drug-likeness (QED) is 0.523. The fraction of sp³-hybridized carbons (Fsp3) is 0.778. The van der Waals surface area contributed by atoms with Gasteiger partial charge in [-0.2, -0.15) is 0 Å². The van der Waals surface area contributed by atoms with Crippen LogP contribution in [0.3, 0.4) is 0 Å². The summed E-state index contributed by atoms with van der Waals surface area (Å²) in [5.41, 5.74) is 0. The van der Waals surface area contributed by atoms with Crippen molar-refractivity contribution in [1.29, 1.82) is 0 Å². The Bertz CT molecular complexity index is 142. The molecular weight excluding hydrogens is 122 g/mol. The Kier molecular flexibility index (Phi) is 1.53. The van der Waals surface area contributed by atoms with Gasteiger partial charge in [0.2, 0.25) is 0 Å². The average Bonchev–Trinajstić information content (AvgIpc) is 2.48. The van der Waals surface area contributed by atoms with E-state index in [0.717, 1.165) is 18.5 Å². The second-order valence-corrected chi connectivity index (χ2v) is 3.58. The van der Waals surface area contributed by atoms with Crippen LogP contribution in [0, 0.1) is 5.92 Å². The molecule has 1 saturated carbocycles. The number of rotatable bonds is 2. The van der Waals surface area contributed by atoms with E-state index in [9.17, 15) is 0 Å².